The van der Waals surface area contributed by atoms with Crippen LogP contribution in [0.5, 0.6) is 0 Å². The maximum absolute atomic E-state index is 13.4. The molecule has 118 valence electrons. The summed E-state index contributed by atoms with van der Waals surface area (Å²) in [6.07, 6.45) is 7.98. The van der Waals surface area contributed by atoms with Crippen molar-refractivity contribution in [2.45, 2.75) is 57.9 Å². The van der Waals surface area contributed by atoms with Crippen molar-refractivity contribution in [2.24, 2.45) is 17.8 Å². The van der Waals surface area contributed by atoms with E-state index in [9.17, 15) is 4.79 Å². The molecule has 0 N–H and O–H groups in total. The first-order chi connectivity index (χ1) is 10.6. The molecule has 4 rings (SSSR count). The van der Waals surface area contributed by atoms with Gasteiger partial charge in [0.1, 0.15) is 0 Å². The van der Waals surface area contributed by atoms with Crippen LogP contribution in [0.1, 0.15) is 60.0 Å². The van der Waals surface area contributed by atoms with E-state index in [2.05, 4.69) is 44.0 Å². The number of nitrogens with zero attached hydrogens (tertiary/aromatic N) is 1. The second-order valence-electron chi connectivity index (χ2n) is 7.84. The van der Waals surface area contributed by atoms with Crippen LogP contribution in [0.25, 0.3) is 0 Å². The van der Waals surface area contributed by atoms with Gasteiger partial charge in [0, 0.05) is 12.6 Å². The maximum Gasteiger partial charge on any atom is 0.254 e. The fourth-order valence-corrected chi connectivity index (χ4v) is 4.95. The van der Waals surface area contributed by atoms with E-state index in [0.717, 1.165) is 34.4 Å². The molecular formula is C20H27NO. The monoisotopic (exact) mass is 297 g/mol. The number of aryl methyl sites for hydroxylation is 2. The van der Waals surface area contributed by atoms with Gasteiger partial charge in [-0.1, -0.05) is 18.2 Å². The molecule has 3 saturated carbocycles. The predicted molar refractivity (Wildman–Crippen MR) is 88.9 cm³/mol. The summed E-state index contributed by atoms with van der Waals surface area (Å²) in [6.45, 7) is 4.14. The number of benzene rings is 1. The van der Waals surface area contributed by atoms with Crippen LogP contribution in [0.2, 0.25) is 0 Å². The van der Waals surface area contributed by atoms with Crippen molar-refractivity contribution in [2.75, 3.05) is 7.05 Å². The van der Waals surface area contributed by atoms with Gasteiger partial charge in [-0.15, -0.1) is 0 Å². The first-order valence-corrected chi connectivity index (χ1v) is 8.91. The Labute approximate surface area is 133 Å². The van der Waals surface area contributed by atoms with E-state index < -0.39 is 0 Å². The molecule has 3 aliphatic rings. The Kier molecular flexibility index (Phi) is 3.15. The summed E-state index contributed by atoms with van der Waals surface area (Å²) in [7, 11) is 2.10. The predicted octanol–water partition coefficient (Wildman–Crippen LogP) is 4.34. The van der Waals surface area contributed by atoms with Crippen LogP contribution in [0.3, 0.4) is 0 Å². The Morgan fingerprint density at radius 3 is 1.73 bits per heavy atom. The highest BCUT2D eigenvalue weighted by molar-refractivity contribution is 5.97. The number of carbonyl (C=O) groups excluding carboxylic acids is 1. The van der Waals surface area contributed by atoms with Gasteiger partial charge in [0.05, 0.1) is 5.54 Å². The molecule has 22 heavy (non-hydrogen) atoms. The summed E-state index contributed by atoms with van der Waals surface area (Å²) in [4.78, 5) is 15.6. The lowest BCUT2D eigenvalue weighted by Crippen LogP contribution is -2.55. The third-order valence-corrected chi connectivity index (χ3v) is 6.27. The molecule has 0 aromatic heterocycles. The minimum atomic E-state index is 0.186. The molecule has 0 atom stereocenters. The fourth-order valence-electron chi connectivity index (χ4n) is 4.95. The van der Waals surface area contributed by atoms with Crippen molar-refractivity contribution in [3.8, 4) is 0 Å². The summed E-state index contributed by atoms with van der Waals surface area (Å²) in [6, 6.07) is 6.19. The molecule has 0 aliphatic heterocycles. The molecule has 3 fully saturated rings. The van der Waals surface area contributed by atoms with Crippen molar-refractivity contribution >= 4 is 5.91 Å². The van der Waals surface area contributed by atoms with Crippen LogP contribution in [-0.2, 0) is 0 Å². The van der Waals surface area contributed by atoms with Crippen molar-refractivity contribution in [1.29, 1.82) is 0 Å². The van der Waals surface area contributed by atoms with Crippen molar-refractivity contribution in [3.63, 3.8) is 0 Å². The zero-order chi connectivity index (χ0) is 15.5. The third-order valence-electron chi connectivity index (χ3n) is 6.27. The lowest BCUT2D eigenvalue weighted by atomic mass is 9.80. The van der Waals surface area contributed by atoms with Crippen LogP contribution >= 0.6 is 0 Å². The van der Waals surface area contributed by atoms with Gasteiger partial charge in [-0.05, 0) is 81.3 Å². The molecule has 1 amide bonds. The second-order valence-corrected chi connectivity index (χ2v) is 7.84. The summed E-state index contributed by atoms with van der Waals surface area (Å²) >= 11 is 0. The largest absolute Gasteiger partial charge is 0.335 e. The molecule has 3 aliphatic carbocycles. The highest BCUT2D eigenvalue weighted by atomic mass is 16.2. The molecule has 0 spiro atoms. The molecule has 0 radical (unpaired) electrons. The zero-order valence-corrected chi connectivity index (χ0v) is 14.1. The lowest BCUT2D eigenvalue weighted by Gasteiger charge is -2.44. The van der Waals surface area contributed by atoms with Gasteiger partial charge in [-0.2, -0.15) is 0 Å². The van der Waals surface area contributed by atoms with E-state index in [0.29, 0.717) is 0 Å². The van der Waals surface area contributed by atoms with Gasteiger partial charge < -0.3 is 4.90 Å². The zero-order valence-electron chi connectivity index (χ0n) is 14.1. The van der Waals surface area contributed by atoms with Crippen LogP contribution < -0.4 is 0 Å². The summed E-state index contributed by atoms with van der Waals surface area (Å²) in [5.41, 5.74) is 3.36. The summed E-state index contributed by atoms with van der Waals surface area (Å²) in [5.74, 6) is 2.57. The average molecular weight is 297 g/mol. The molecule has 0 saturated heterocycles. The Morgan fingerprint density at radius 1 is 0.955 bits per heavy atom. The van der Waals surface area contributed by atoms with E-state index in [1.54, 1.807) is 0 Å². The number of hydrogen-bond acceptors (Lipinski definition) is 1. The van der Waals surface area contributed by atoms with Crippen LogP contribution in [-0.4, -0.2) is 23.4 Å². The third kappa shape index (κ3) is 2.03. The van der Waals surface area contributed by atoms with Gasteiger partial charge in [-0.25, -0.2) is 0 Å². The number of carbonyl (C=O) groups is 1. The SMILES string of the molecule is Cc1cccc(C)c1C(=O)N(C)C(C1CC1)(C1CC1)C1CC1. The highest BCUT2D eigenvalue weighted by Gasteiger charge is 2.64. The first-order valence-electron chi connectivity index (χ1n) is 8.91. The number of amides is 1. The molecule has 1 aromatic carbocycles. The smallest absolute Gasteiger partial charge is 0.254 e. The Hall–Kier alpha value is -1.31. The van der Waals surface area contributed by atoms with E-state index in [4.69, 9.17) is 0 Å². The fraction of sp³-hybridized carbons (Fsp3) is 0.650. The topological polar surface area (TPSA) is 20.3 Å². The van der Waals surface area contributed by atoms with E-state index in [1.807, 2.05) is 0 Å². The lowest BCUT2D eigenvalue weighted by molar-refractivity contribution is 0.0318. The number of rotatable bonds is 5. The van der Waals surface area contributed by atoms with Crippen molar-refractivity contribution in [3.05, 3.63) is 34.9 Å². The van der Waals surface area contributed by atoms with Crippen LogP contribution in [0.15, 0.2) is 18.2 Å². The first kappa shape index (κ1) is 14.3. The number of hydrogen-bond donors (Lipinski definition) is 0. The van der Waals surface area contributed by atoms with Gasteiger partial charge in [0.25, 0.3) is 5.91 Å². The Balaban J connectivity index is 1.72. The van der Waals surface area contributed by atoms with Crippen LogP contribution in [0, 0.1) is 31.6 Å². The average Bonchev–Trinajstić information content (AvgIpc) is 3.36. The standard InChI is InChI=1S/C20H27NO/c1-13-5-4-6-14(2)18(13)19(22)21(3)20(15-7-8-15,16-9-10-16)17-11-12-17/h4-6,15-17H,7-12H2,1-3H3. The van der Waals surface area contributed by atoms with Gasteiger partial charge in [0.2, 0.25) is 0 Å². The second kappa shape index (κ2) is 4.84. The molecule has 2 nitrogen and oxygen atoms in total. The highest BCUT2D eigenvalue weighted by Crippen LogP contribution is 2.63. The molecule has 2 heteroatoms. The minimum absolute atomic E-state index is 0.186. The van der Waals surface area contributed by atoms with Gasteiger partial charge in [-0.3, -0.25) is 4.79 Å². The molecule has 0 unspecified atom stereocenters. The minimum Gasteiger partial charge on any atom is -0.335 e. The van der Waals surface area contributed by atoms with E-state index in [1.165, 1.54) is 38.5 Å². The quantitative estimate of drug-likeness (QED) is 0.791. The van der Waals surface area contributed by atoms with E-state index >= 15 is 0 Å². The summed E-state index contributed by atoms with van der Waals surface area (Å²) < 4.78 is 0. The van der Waals surface area contributed by atoms with Gasteiger partial charge in [0.15, 0.2) is 0 Å². The van der Waals surface area contributed by atoms with E-state index in [-0.39, 0.29) is 11.4 Å². The normalized spacial score (nSPS) is 21.8. The molecule has 1 aromatic rings. The molecule has 0 heterocycles. The van der Waals surface area contributed by atoms with Crippen LogP contribution in [0.4, 0.5) is 0 Å². The maximum atomic E-state index is 13.4. The van der Waals surface area contributed by atoms with Crippen molar-refractivity contribution in [1.82, 2.24) is 4.90 Å². The van der Waals surface area contributed by atoms with Gasteiger partial charge >= 0.3 is 0 Å². The molecular weight excluding hydrogens is 270 g/mol. The molecule has 0 bridgehead atoms. The Morgan fingerprint density at radius 2 is 1.36 bits per heavy atom. The Bertz CT molecular complexity index is 557. The van der Waals surface area contributed by atoms with Crippen molar-refractivity contribution < 1.29 is 4.79 Å². The summed E-state index contributed by atoms with van der Waals surface area (Å²) in [5, 5.41) is 0.